The van der Waals surface area contributed by atoms with Crippen LogP contribution < -0.4 is 10.0 Å². The van der Waals surface area contributed by atoms with Crippen molar-refractivity contribution in [2.24, 2.45) is 0 Å². The first-order valence-corrected chi connectivity index (χ1v) is 11.1. The van der Waals surface area contributed by atoms with E-state index in [1.807, 2.05) is 0 Å². The maximum atomic E-state index is 12.7. The van der Waals surface area contributed by atoms with E-state index in [0.717, 1.165) is 6.42 Å². The van der Waals surface area contributed by atoms with E-state index in [1.54, 1.807) is 45.0 Å². The van der Waals surface area contributed by atoms with E-state index in [1.165, 1.54) is 11.0 Å². The molecule has 1 heterocycles. The second-order valence-corrected chi connectivity index (χ2v) is 9.72. The van der Waals surface area contributed by atoms with Gasteiger partial charge in [0.05, 0.1) is 5.75 Å². The zero-order valence-corrected chi connectivity index (χ0v) is 17.9. The van der Waals surface area contributed by atoms with Crippen LogP contribution in [0, 0.1) is 0 Å². The van der Waals surface area contributed by atoms with Crippen LogP contribution >= 0.6 is 0 Å². The van der Waals surface area contributed by atoms with Crippen molar-refractivity contribution in [3.05, 3.63) is 42.5 Å². The Morgan fingerprint density at radius 3 is 2.52 bits per heavy atom. The average molecular weight is 424 g/mol. The molecule has 0 radical (unpaired) electrons. The third-order valence-corrected chi connectivity index (χ3v) is 5.53. The van der Waals surface area contributed by atoms with Crippen LogP contribution in [-0.2, 0) is 25.3 Å². The molecule has 2 amide bonds. The number of sulfonamides is 1. The van der Waals surface area contributed by atoms with E-state index in [2.05, 4.69) is 16.6 Å². The van der Waals surface area contributed by atoms with Gasteiger partial charge in [0, 0.05) is 18.8 Å². The molecule has 1 aromatic carbocycles. The van der Waals surface area contributed by atoms with E-state index in [9.17, 15) is 18.0 Å². The van der Waals surface area contributed by atoms with Crippen molar-refractivity contribution in [2.45, 2.75) is 51.0 Å². The molecule has 2 rings (SSSR count). The van der Waals surface area contributed by atoms with Crippen molar-refractivity contribution in [1.82, 2.24) is 9.62 Å². The van der Waals surface area contributed by atoms with Crippen LogP contribution in [0.2, 0.25) is 0 Å². The lowest BCUT2D eigenvalue weighted by Crippen LogP contribution is -2.45. The number of carbonyl (C=O) groups is 2. The highest BCUT2D eigenvalue weighted by Gasteiger charge is 2.36. The summed E-state index contributed by atoms with van der Waals surface area (Å²) < 4.78 is 31.6. The van der Waals surface area contributed by atoms with Gasteiger partial charge in [-0.1, -0.05) is 18.2 Å². The first-order chi connectivity index (χ1) is 13.5. The first-order valence-electron chi connectivity index (χ1n) is 9.48. The molecule has 29 heavy (non-hydrogen) atoms. The number of amides is 2. The summed E-state index contributed by atoms with van der Waals surface area (Å²) in [6.45, 7) is 9.47. The van der Waals surface area contributed by atoms with E-state index >= 15 is 0 Å². The molecular weight excluding hydrogens is 394 g/mol. The van der Waals surface area contributed by atoms with Crippen molar-refractivity contribution in [3.63, 3.8) is 0 Å². The Labute approximate surface area is 172 Å². The third-order valence-electron chi connectivity index (χ3n) is 4.21. The zero-order chi connectivity index (χ0) is 21.7. The van der Waals surface area contributed by atoms with Gasteiger partial charge < -0.3 is 10.1 Å². The summed E-state index contributed by atoms with van der Waals surface area (Å²) in [5.41, 5.74) is 0.499. The van der Waals surface area contributed by atoms with Gasteiger partial charge in [-0.25, -0.2) is 17.9 Å². The fourth-order valence-electron chi connectivity index (χ4n) is 2.94. The van der Waals surface area contributed by atoms with Crippen molar-refractivity contribution in [3.8, 4) is 0 Å². The van der Waals surface area contributed by atoms with Crippen molar-refractivity contribution in [2.75, 3.05) is 18.4 Å². The fourth-order valence-corrected chi connectivity index (χ4v) is 4.05. The fraction of sp³-hybridized carbons (Fsp3) is 0.500. The molecule has 1 aliphatic rings. The number of hydrogen-bond acceptors (Lipinski definition) is 5. The summed E-state index contributed by atoms with van der Waals surface area (Å²) in [5.74, 6) is -0.453. The van der Waals surface area contributed by atoms with Gasteiger partial charge >= 0.3 is 6.09 Å². The number of benzene rings is 1. The predicted octanol–water partition coefficient (Wildman–Crippen LogP) is 2.63. The summed E-state index contributed by atoms with van der Waals surface area (Å²) in [4.78, 5) is 26.4. The second-order valence-electron chi connectivity index (χ2n) is 7.91. The van der Waals surface area contributed by atoms with E-state index in [-0.39, 0.29) is 18.2 Å². The van der Waals surface area contributed by atoms with Gasteiger partial charge in [0.25, 0.3) is 0 Å². The smallest absolute Gasteiger partial charge is 0.410 e. The number of ether oxygens (including phenoxy) is 1. The monoisotopic (exact) mass is 423 g/mol. The van der Waals surface area contributed by atoms with E-state index in [4.69, 9.17) is 4.74 Å². The highest BCUT2D eigenvalue weighted by atomic mass is 32.2. The van der Waals surface area contributed by atoms with Gasteiger partial charge in [0.2, 0.25) is 15.9 Å². The first kappa shape index (κ1) is 22.9. The maximum Gasteiger partial charge on any atom is 0.410 e. The van der Waals surface area contributed by atoms with Crippen LogP contribution in [0.15, 0.2) is 36.9 Å². The van der Waals surface area contributed by atoms with Crippen LogP contribution in [0.25, 0.3) is 0 Å². The minimum atomic E-state index is -3.44. The van der Waals surface area contributed by atoms with Crippen molar-refractivity contribution in [1.29, 1.82) is 0 Å². The molecule has 2 N–H and O–H groups in total. The molecule has 0 bridgehead atoms. The van der Waals surface area contributed by atoms with Gasteiger partial charge in [-0.3, -0.25) is 9.69 Å². The molecule has 0 spiro atoms. The SMILES string of the molecule is C=CCNS(=O)(=O)Cc1ccc(NC(=O)C2CCCN2C(=O)OC(C)(C)C)cc1. The standard InChI is InChI=1S/C20H29N3O5S/c1-5-12-21-29(26,27)14-15-8-10-16(11-9-15)22-18(24)17-7-6-13-23(17)19(25)28-20(2,3)4/h5,8-11,17,21H,1,6-7,12-14H2,2-4H3,(H,22,24). The van der Waals surface area contributed by atoms with Gasteiger partial charge in [-0.05, 0) is 51.3 Å². The van der Waals surface area contributed by atoms with Gasteiger partial charge in [-0.15, -0.1) is 6.58 Å². The van der Waals surface area contributed by atoms with Crippen LogP contribution in [0.5, 0.6) is 0 Å². The zero-order valence-electron chi connectivity index (χ0n) is 17.1. The molecule has 0 aliphatic carbocycles. The molecule has 9 heteroatoms. The lowest BCUT2D eigenvalue weighted by atomic mass is 10.2. The summed E-state index contributed by atoms with van der Waals surface area (Å²) in [6, 6.07) is 5.98. The molecule has 1 saturated heterocycles. The van der Waals surface area contributed by atoms with Gasteiger partial charge in [0.1, 0.15) is 11.6 Å². The Kier molecular flexibility index (Phi) is 7.43. The summed E-state index contributed by atoms with van der Waals surface area (Å²) >= 11 is 0. The molecule has 1 aliphatic heterocycles. The molecule has 0 saturated carbocycles. The van der Waals surface area contributed by atoms with Gasteiger partial charge in [0.15, 0.2) is 0 Å². The topological polar surface area (TPSA) is 105 Å². The highest BCUT2D eigenvalue weighted by Crippen LogP contribution is 2.22. The highest BCUT2D eigenvalue weighted by molar-refractivity contribution is 7.88. The van der Waals surface area contributed by atoms with Crippen LogP contribution in [-0.4, -0.2) is 50.1 Å². The number of nitrogens with zero attached hydrogens (tertiary/aromatic N) is 1. The summed E-state index contributed by atoms with van der Waals surface area (Å²) in [6.07, 6.45) is 2.27. The molecule has 1 fully saturated rings. The predicted molar refractivity (Wildman–Crippen MR) is 112 cm³/mol. The number of anilines is 1. The molecule has 160 valence electrons. The maximum absolute atomic E-state index is 12.7. The Bertz CT molecular complexity index is 844. The number of hydrogen-bond donors (Lipinski definition) is 2. The Hall–Kier alpha value is -2.39. The quantitative estimate of drug-likeness (QED) is 0.656. The van der Waals surface area contributed by atoms with Crippen LogP contribution in [0.4, 0.5) is 10.5 Å². The van der Waals surface area contributed by atoms with E-state index < -0.39 is 27.8 Å². The Balaban J connectivity index is 1.98. The molecule has 1 atom stereocenters. The Morgan fingerprint density at radius 2 is 1.93 bits per heavy atom. The second kappa shape index (κ2) is 9.41. The number of nitrogens with one attached hydrogen (secondary N) is 2. The van der Waals surface area contributed by atoms with Crippen LogP contribution in [0.3, 0.4) is 0 Å². The van der Waals surface area contributed by atoms with Crippen molar-refractivity contribution >= 4 is 27.7 Å². The van der Waals surface area contributed by atoms with Crippen LogP contribution in [0.1, 0.15) is 39.2 Å². The molecule has 0 aromatic heterocycles. The van der Waals surface area contributed by atoms with E-state index in [0.29, 0.717) is 24.2 Å². The lowest BCUT2D eigenvalue weighted by Gasteiger charge is -2.28. The lowest BCUT2D eigenvalue weighted by molar-refractivity contribution is -0.120. The number of likely N-dealkylation sites (tertiary alicyclic amines) is 1. The molecular formula is C20H29N3O5S. The Morgan fingerprint density at radius 1 is 1.28 bits per heavy atom. The van der Waals surface area contributed by atoms with Crippen molar-refractivity contribution < 1.29 is 22.7 Å². The van der Waals surface area contributed by atoms with Gasteiger partial charge in [-0.2, -0.15) is 0 Å². The summed E-state index contributed by atoms with van der Waals surface area (Å²) in [5, 5.41) is 2.79. The minimum Gasteiger partial charge on any atom is -0.444 e. The number of rotatable bonds is 7. The summed E-state index contributed by atoms with van der Waals surface area (Å²) in [7, 11) is -3.44. The minimum absolute atomic E-state index is 0.163. The number of carbonyl (C=O) groups excluding carboxylic acids is 2. The molecule has 8 nitrogen and oxygen atoms in total. The third kappa shape index (κ3) is 7.17. The average Bonchev–Trinajstić information content (AvgIpc) is 3.10. The molecule has 1 unspecified atom stereocenters. The largest absolute Gasteiger partial charge is 0.444 e. The normalized spacial score (nSPS) is 17.1. The molecule has 1 aromatic rings.